The van der Waals surface area contributed by atoms with Gasteiger partial charge in [-0.3, -0.25) is 9.59 Å². The molecule has 0 fully saturated rings. The molecule has 0 saturated heterocycles. The van der Waals surface area contributed by atoms with Gasteiger partial charge in [-0.2, -0.15) is 10.2 Å². The van der Waals surface area contributed by atoms with Crippen LogP contribution in [0.1, 0.15) is 21.6 Å². The minimum Gasteiger partial charge on any atom is -0.493 e. The highest BCUT2D eigenvalue weighted by Crippen LogP contribution is 2.37. The topological polar surface area (TPSA) is 104 Å². The van der Waals surface area contributed by atoms with E-state index < -0.39 is 5.91 Å². The quantitative estimate of drug-likeness (QED) is 0.312. The molecule has 3 aromatic carbocycles. The van der Waals surface area contributed by atoms with Gasteiger partial charge in [0, 0.05) is 10.9 Å². The number of benzene rings is 3. The van der Waals surface area contributed by atoms with E-state index in [1.807, 2.05) is 30.3 Å². The number of hydrogen-bond donors (Lipinski definition) is 1. The number of ether oxygens (including phenoxy) is 3. The largest absolute Gasteiger partial charge is 0.493 e. The van der Waals surface area contributed by atoms with Crippen LogP contribution in [0.25, 0.3) is 10.8 Å². The van der Waals surface area contributed by atoms with E-state index in [0.29, 0.717) is 33.6 Å². The molecule has 0 aliphatic carbocycles. The molecule has 0 unspecified atom stereocenters. The van der Waals surface area contributed by atoms with Gasteiger partial charge >= 0.3 is 0 Å². The molecule has 0 bridgehead atoms. The number of amides is 1. The number of carbonyl (C=O) groups is 1. The van der Waals surface area contributed by atoms with Crippen LogP contribution in [0.4, 0.5) is 0 Å². The number of aromatic nitrogens is 2. The SMILES string of the molecule is COc1cc(C=NNC(=O)c2nn(Cc3ccccc3)c(=O)c3ccccc23)cc(OC)c1OC. The smallest absolute Gasteiger partial charge is 0.292 e. The highest BCUT2D eigenvalue weighted by atomic mass is 16.5. The summed E-state index contributed by atoms with van der Waals surface area (Å²) in [6.07, 6.45) is 1.45. The number of rotatable bonds is 8. The van der Waals surface area contributed by atoms with E-state index in [9.17, 15) is 9.59 Å². The molecule has 1 amide bonds. The van der Waals surface area contributed by atoms with Crippen molar-refractivity contribution in [2.45, 2.75) is 6.54 Å². The number of methoxy groups -OCH3 is 3. The van der Waals surface area contributed by atoms with Gasteiger partial charge in [-0.25, -0.2) is 10.1 Å². The van der Waals surface area contributed by atoms with Crippen molar-refractivity contribution >= 4 is 22.9 Å². The van der Waals surface area contributed by atoms with Crippen LogP contribution in [0.3, 0.4) is 0 Å². The van der Waals surface area contributed by atoms with E-state index in [0.717, 1.165) is 5.56 Å². The molecule has 1 aromatic heterocycles. The molecule has 0 spiro atoms. The second-order valence-electron chi connectivity index (χ2n) is 7.50. The van der Waals surface area contributed by atoms with Crippen LogP contribution in [0, 0.1) is 0 Å². The number of nitrogens with zero attached hydrogens (tertiary/aromatic N) is 3. The third-order valence-electron chi connectivity index (χ3n) is 5.32. The maximum Gasteiger partial charge on any atom is 0.292 e. The van der Waals surface area contributed by atoms with Gasteiger partial charge < -0.3 is 14.2 Å². The Hall–Kier alpha value is -4.66. The van der Waals surface area contributed by atoms with Crippen LogP contribution < -0.4 is 25.2 Å². The Morgan fingerprint density at radius 1 is 0.943 bits per heavy atom. The van der Waals surface area contributed by atoms with E-state index in [4.69, 9.17) is 14.2 Å². The van der Waals surface area contributed by atoms with Gasteiger partial charge in [0.1, 0.15) is 0 Å². The molecular weight excluding hydrogens is 448 g/mol. The zero-order valence-corrected chi connectivity index (χ0v) is 19.5. The van der Waals surface area contributed by atoms with Crippen LogP contribution in [0.2, 0.25) is 0 Å². The Balaban J connectivity index is 1.64. The zero-order valence-electron chi connectivity index (χ0n) is 19.5. The van der Waals surface area contributed by atoms with E-state index >= 15 is 0 Å². The van der Waals surface area contributed by atoms with Crippen molar-refractivity contribution in [2.75, 3.05) is 21.3 Å². The van der Waals surface area contributed by atoms with Gasteiger partial charge in [-0.1, -0.05) is 48.5 Å². The second-order valence-corrected chi connectivity index (χ2v) is 7.50. The molecule has 9 nitrogen and oxygen atoms in total. The van der Waals surface area contributed by atoms with Crippen molar-refractivity contribution in [3.63, 3.8) is 0 Å². The first-order valence-electron chi connectivity index (χ1n) is 10.7. The van der Waals surface area contributed by atoms with E-state index in [1.54, 1.807) is 36.4 Å². The Labute approximate surface area is 201 Å². The zero-order chi connectivity index (χ0) is 24.8. The van der Waals surface area contributed by atoms with Crippen LogP contribution in [-0.2, 0) is 6.54 Å². The first-order chi connectivity index (χ1) is 17.0. The fourth-order valence-electron chi connectivity index (χ4n) is 3.66. The van der Waals surface area contributed by atoms with Crippen LogP contribution in [0.5, 0.6) is 17.2 Å². The summed E-state index contributed by atoms with van der Waals surface area (Å²) in [7, 11) is 4.55. The molecular formula is C26H24N4O5. The third-order valence-corrected chi connectivity index (χ3v) is 5.32. The fourth-order valence-corrected chi connectivity index (χ4v) is 3.66. The van der Waals surface area contributed by atoms with E-state index in [-0.39, 0.29) is 17.8 Å². The lowest BCUT2D eigenvalue weighted by atomic mass is 10.1. The first kappa shape index (κ1) is 23.5. The van der Waals surface area contributed by atoms with Crippen molar-refractivity contribution in [2.24, 2.45) is 5.10 Å². The molecule has 178 valence electrons. The molecule has 4 aromatic rings. The third kappa shape index (κ3) is 4.98. The van der Waals surface area contributed by atoms with Gasteiger partial charge in [-0.15, -0.1) is 0 Å². The van der Waals surface area contributed by atoms with Gasteiger partial charge in [-0.05, 0) is 23.8 Å². The minimum absolute atomic E-state index is 0.0955. The molecule has 1 N–H and O–H groups in total. The van der Waals surface area contributed by atoms with Crippen molar-refractivity contribution in [1.82, 2.24) is 15.2 Å². The summed E-state index contributed by atoms with van der Waals surface area (Å²) < 4.78 is 17.3. The molecule has 9 heteroatoms. The molecule has 0 aliphatic heterocycles. The van der Waals surface area contributed by atoms with E-state index in [2.05, 4.69) is 15.6 Å². The number of carbonyl (C=O) groups excluding carboxylic acids is 1. The average Bonchev–Trinajstić information content (AvgIpc) is 2.90. The van der Waals surface area contributed by atoms with Crippen LogP contribution in [0.15, 0.2) is 76.6 Å². The molecule has 0 saturated carbocycles. The lowest BCUT2D eigenvalue weighted by Gasteiger charge is -2.12. The standard InChI is InChI=1S/C26H24N4O5/c1-33-21-13-18(14-22(34-2)24(21)35-3)15-27-28-25(31)23-19-11-7-8-12-20(19)26(32)30(29-23)16-17-9-5-4-6-10-17/h4-15H,16H2,1-3H3,(H,28,31). The Morgan fingerprint density at radius 3 is 2.20 bits per heavy atom. The summed E-state index contributed by atoms with van der Waals surface area (Å²) in [6.45, 7) is 0.236. The normalized spacial score (nSPS) is 10.9. The maximum absolute atomic E-state index is 13.0. The van der Waals surface area contributed by atoms with Gasteiger partial charge in [0.2, 0.25) is 5.75 Å². The maximum atomic E-state index is 13.0. The molecule has 35 heavy (non-hydrogen) atoms. The molecule has 0 atom stereocenters. The lowest BCUT2D eigenvalue weighted by Crippen LogP contribution is -2.29. The Morgan fingerprint density at radius 2 is 1.57 bits per heavy atom. The summed E-state index contributed by atoms with van der Waals surface area (Å²) >= 11 is 0. The van der Waals surface area contributed by atoms with Crippen molar-refractivity contribution in [3.05, 3.63) is 93.9 Å². The number of fused-ring (bicyclic) bond motifs is 1. The molecule has 0 radical (unpaired) electrons. The summed E-state index contributed by atoms with van der Waals surface area (Å²) in [5.74, 6) is 0.819. The molecule has 4 rings (SSSR count). The molecule has 0 aliphatic rings. The first-order valence-corrected chi connectivity index (χ1v) is 10.7. The summed E-state index contributed by atoms with van der Waals surface area (Å²) in [5, 5.41) is 9.27. The lowest BCUT2D eigenvalue weighted by molar-refractivity contribution is 0.0949. The van der Waals surface area contributed by atoms with Crippen LogP contribution >= 0.6 is 0 Å². The fraction of sp³-hybridized carbons (Fsp3) is 0.154. The van der Waals surface area contributed by atoms with Gasteiger partial charge in [0.15, 0.2) is 17.2 Å². The Bertz CT molecular complexity index is 1420. The summed E-state index contributed by atoms with van der Waals surface area (Å²) in [4.78, 5) is 26.0. The predicted octanol–water partition coefficient (Wildman–Crippen LogP) is 3.23. The molecule has 1 heterocycles. The van der Waals surface area contributed by atoms with Crippen LogP contribution in [-0.4, -0.2) is 43.2 Å². The van der Waals surface area contributed by atoms with Crippen molar-refractivity contribution < 1.29 is 19.0 Å². The van der Waals surface area contributed by atoms with Crippen molar-refractivity contribution in [1.29, 1.82) is 0 Å². The highest BCUT2D eigenvalue weighted by molar-refractivity contribution is 6.05. The summed E-state index contributed by atoms with van der Waals surface area (Å²) in [6, 6.07) is 19.7. The number of hydrogen-bond acceptors (Lipinski definition) is 7. The minimum atomic E-state index is -0.549. The van der Waals surface area contributed by atoms with Crippen molar-refractivity contribution in [3.8, 4) is 17.2 Å². The highest BCUT2D eigenvalue weighted by Gasteiger charge is 2.17. The average molecular weight is 473 g/mol. The Kier molecular flexibility index (Phi) is 7.06. The summed E-state index contributed by atoms with van der Waals surface area (Å²) in [5.41, 5.74) is 3.82. The predicted molar refractivity (Wildman–Crippen MR) is 133 cm³/mol. The second kappa shape index (κ2) is 10.5. The van der Waals surface area contributed by atoms with Gasteiger partial charge in [0.25, 0.3) is 11.5 Å². The number of nitrogens with one attached hydrogen (secondary N) is 1. The number of hydrazone groups is 1. The van der Waals surface area contributed by atoms with Gasteiger partial charge in [0.05, 0.1) is 39.5 Å². The monoisotopic (exact) mass is 472 g/mol. The van der Waals surface area contributed by atoms with E-state index in [1.165, 1.54) is 32.2 Å².